The Kier molecular flexibility index (Phi) is 5.06. The summed E-state index contributed by atoms with van der Waals surface area (Å²) < 4.78 is 52.6. The maximum absolute atomic E-state index is 13.8. The van der Waals surface area contributed by atoms with Gasteiger partial charge in [0.05, 0.1) is 21.4 Å². The molecule has 5 rings (SSSR count). The largest absolute Gasteiger partial charge is 0.454 e. The number of nitrogens with one attached hydrogen (secondary N) is 1. The molecular formula is C21H11Cl2F3N4O3. The van der Waals surface area contributed by atoms with Crippen LogP contribution in [0.5, 0.6) is 11.5 Å². The van der Waals surface area contributed by atoms with E-state index < -0.39 is 17.8 Å². The Morgan fingerprint density at radius 2 is 1.85 bits per heavy atom. The van der Waals surface area contributed by atoms with Crippen molar-refractivity contribution >= 4 is 40.4 Å². The van der Waals surface area contributed by atoms with Gasteiger partial charge in [-0.15, -0.1) is 0 Å². The molecule has 12 heteroatoms. The average Bonchev–Trinajstić information content (AvgIpc) is 3.41. The zero-order chi connectivity index (χ0) is 23.3. The number of benzene rings is 2. The van der Waals surface area contributed by atoms with E-state index in [0.717, 1.165) is 12.1 Å². The number of hydrogen-bond donors (Lipinski definition) is 1. The van der Waals surface area contributed by atoms with Crippen molar-refractivity contribution in [1.29, 1.82) is 0 Å². The summed E-state index contributed by atoms with van der Waals surface area (Å²) in [6, 6.07) is 11.3. The number of rotatable bonds is 3. The molecule has 1 amide bonds. The highest BCUT2D eigenvalue weighted by Gasteiger charge is 2.36. The Labute approximate surface area is 193 Å². The molecule has 0 saturated heterocycles. The highest BCUT2D eigenvalue weighted by atomic mass is 35.5. The SMILES string of the molecule is O=C(Nc1cccc(Cl)c1Cl)c1cc2nc(-c3ccc4c(c3)OCO4)cc(C(F)(F)F)n2n1. The van der Waals surface area contributed by atoms with E-state index in [1.165, 1.54) is 18.2 Å². The van der Waals surface area contributed by atoms with E-state index in [0.29, 0.717) is 21.6 Å². The highest BCUT2D eigenvalue weighted by Crippen LogP contribution is 2.37. The van der Waals surface area contributed by atoms with Gasteiger partial charge in [-0.1, -0.05) is 29.3 Å². The van der Waals surface area contributed by atoms with E-state index in [-0.39, 0.29) is 39.6 Å². The number of anilines is 1. The number of carbonyl (C=O) groups excluding carboxylic acids is 1. The van der Waals surface area contributed by atoms with Gasteiger partial charge >= 0.3 is 6.18 Å². The van der Waals surface area contributed by atoms with Crippen LogP contribution in [0.15, 0.2) is 48.5 Å². The zero-order valence-corrected chi connectivity index (χ0v) is 17.8. The molecule has 0 spiro atoms. The second-order valence-corrected chi connectivity index (χ2v) is 7.73. The molecule has 0 unspecified atom stereocenters. The van der Waals surface area contributed by atoms with Gasteiger partial charge in [0.2, 0.25) is 6.79 Å². The molecule has 0 radical (unpaired) electrons. The minimum Gasteiger partial charge on any atom is -0.454 e. The number of carbonyl (C=O) groups is 1. The van der Waals surface area contributed by atoms with Crippen molar-refractivity contribution in [2.24, 2.45) is 0 Å². The van der Waals surface area contributed by atoms with Crippen LogP contribution in [0.3, 0.4) is 0 Å². The summed E-state index contributed by atoms with van der Waals surface area (Å²) in [5.41, 5.74) is -0.953. The summed E-state index contributed by atoms with van der Waals surface area (Å²) in [5.74, 6) is 0.107. The first-order valence-corrected chi connectivity index (χ1v) is 10.1. The fraction of sp³-hybridized carbons (Fsp3) is 0.0952. The molecule has 1 N–H and O–H groups in total. The lowest BCUT2D eigenvalue weighted by molar-refractivity contribution is -0.142. The van der Waals surface area contributed by atoms with Gasteiger partial charge in [0.1, 0.15) is 0 Å². The minimum atomic E-state index is -4.76. The molecule has 0 atom stereocenters. The number of aromatic nitrogens is 3. The van der Waals surface area contributed by atoms with Crippen molar-refractivity contribution in [3.63, 3.8) is 0 Å². The maximum Gasteiger partial charge on any atom is 0.433 e. The summed E-state index contributed by atoms with van der Waals surface area (Å²) >= 11 is 12.0. The second kappa shape index (κ2) is 7.82. The quantitative estimate of drug-likeness (QED) is 0.395. The van der Waals surface area contributed by atoms with Crippen molar-refractivity contribution in [3.05, 3.63) is 70.0 Å². The van der Waals surface area contributed by atoms with Gasteiger partial charge in [0.25, 0.3) is 5.91 Å². The molecule has 4 aromatic rings. The number of nitrogens with zero attached hydrogens (tertiary/aromatic N) is 3. The maximum atomic E-state index is 13.8. The van der Waals surface area contributed by atoms with Crippen molar-refractivity contribution in [2.75, 3.05) is 12.1 Å². The number of fused-ring (bicyclic) bond motifs is 2. The van der Waals surface area contributed by atoms with Gasteiger partial charge in [-0.2, -0.15) is 18.3 Å². The molecule has 3 heterocycles. The lowest BCUT2D eigenvalue weighted by Gasteiger charge is -2.11. The summed E-state index contributed by atoms with van der Waals surface area (Å²) in [7, 11) is 0. The van der Waals surface area contributed by atoms with Crippen molar-refractivity contribution in [2.45, 2.75) is 6.18 Å². The van der Waals surface area contributed by atoms with Crippen molar-refractivity contribution in [1.82, 2.24) is 14.6 Å². The molecule has 7 nitrogen and oxygen atoms in total. The number of amides is 1. The Hall–Kier alpha value is -3.50. The first-order chi connectivity index (χ1) is 15.7. The predicted octanol–water partition coefficient (Wildman–Crippen LogP) is 5.70. The highest BCUT2D eigenvalue weighted by molar-refractivity contribution is 6.44. The fourth-order valence-electron chi connectivity index (χ4n) is 3.28. The third-order valence-electron chi connectivity index (χ3n) is 4.82. The van der Waals surface area contributed by atoms with Crippen LogP contribution in [0.1, 0.15) is 16.2 Å². The summed E-state index contributed by atoms with van der Waals surface area (Å²) in [6.45, 7) is 0.0246. The van der Waals surface area contributed by atoms with Gasteiger partial charge in [0, 0.05) is 11.6 Å². The van der Waals surface area contributed by atoms with Crippen LogP contribution in [0.25, 0.3) is 16.9 Å². The van der Waals surface area contributed by atoms with Gasteiger partial charge < -0.3 is 14.8 Å². The Morgan fingerprint density at radius 3 is 2.64 bits per heavy atom. The molecule has 0 aliphatic carbocycles. The predicted molar refractivity (Wildman–Crippen MR) is 114 cm³/mol. The lowest BCUT2D eigenvalue weighted by Crippen LogP contribution is -2.16. The third kappa shape index (κ3) is 3.91. The normalized spacial score (nSPS) is 12.9. The fourth-order valence-corrected chi connectivity index (χ4v) is 3.63. The topological polar surface area (TPSA) is 77.8 Å². The summed E-state index contributed by atoms with van der Waals surface area (Å²) in [4.78, 5) is 16.9. The van der Waals surface area contributed by atoms with Gasteiger partial charge in [0.15, 0.2) is 28.5 Å². The van der Waals surface area contributed by atoms with Crippen molar-refractivity contribution < 1.29 is 27.4 Å². The number of alkyl halides is 3. The Morgan fingerprint density at radius 1 is 1.06 bits per heavy atom. The Balaban J connectivity index is 1.58. The molecule has 33 heavy (non-hydrogen) atoms. The van der Waals surface area contributed by atoms with Crippen LogP contribution in [0.2, 0.25) is 10.0 Å². The average molecular weight is 495 g/mol. The molecule has 0 bridgehead atoms. The first-order valence-electron chi connectivity index (χ1n) is 9.34. The number of ether oxygens (including phenoxy) is 2. The Bertz CT molecular complexity index is 1420. The standard InChI is InChI=1S/C21H11Cl2F3N4O3/c22-11-2-1-3-12(19(11)23)28-20(31)14-8-18-27-13(7-17(21(24,25)26)30(18)29-14)10-4-5-15-16(6-10)33-9-32-15/h1-8H,9H2,(H,28,31). The first kappa shape index (κ1) is 21.4. The van der Waals surface area contributed by atoms with Crippen LogP contribution in [-0.2, 0) is 6.18 Å². The lowest BCUT2D eigenvalue weighted by atomic mass is 10.1. The van der Waals surface area contributed by atoms with Crippen LogP contribution >= 0.6 is 23.2 Å². The van der Waals surface area contributed by atoms with Crippen molar-refractivity contribution in [3.8, 4) is 22.8 Å². The zero-order valence-electron chi connectivity index (χ0n) is 16.3. The van der Waals surface area contributed by atoms with Crippen LogP contribution < -0.4 is 14.8 Å². The van der Waals surface area contributed by atoms with E-state index in [9.17, 15) is 18.0 Å². The number of hydrogen-bond acceptors (Lipinski definition) is 5. The van der Waals surface area contributed by atoms with Crippen LogP contribution in [-0.4, -0.2) is 27.3 Å². The molecule has 2 aromatic heterocycles. The summed E-state index contributed by atoms with van der Waals surface area (Å²) in [6.07, 6.45) is -4.76. The molecule has 1 aliphatic rings. The molecule has 0 saturated carbocycles. The second-order valence-electron chi connectivity index (χ2n) is 6.95. The van der Waals surface area contributed by atoms with E-state index in [1.54, 1.807) is 18.2 Å². The van der Waals surface area contributed by atoms with Gasteiger partial charge in [-0.05, 0) is 36.4 Å². The summed E-state index contributed by atoms with van der Waals surface area (Å²) in [5, 5.41) is 6.61. The van der Waals surface area contributed by atoms with Gasteiger partial charge in [-0.3, -0.25) is 4.79 Å². The smallest absolute Gasteiger partial charge is 0.433 e. The molecular weight excluding hydrogens is 484 g/mol. The molecule has 0 fully saturated rings. The van der Waals surface area contributed by atoms with E-state index >= 15 is 0 Å². The molecule has 1 aliphatic heterocycles. The van der Waals surface area contributed by atoms with Crippen LogP contribution in [0.4, 0.5) is 18.9 Å². The van der Waals surface area contributed by atoms with E-state index in [1.807, 2.05) is 0 Å². The molecule has 2 aromatic carbocycles. The van der Waals surface area contributed by atoms with Gasteiger partial charge in [-0.25, -0.2) is 9.50 Å². The third-order valence-corrected chi connectivity index (χ3v) is 5.64. The van der Waals surface area contributed by atoms with E-state index in [2.05, 4.69) is 15.4 Å². The van der Waals surface area contributed by atoms with Crippen LogP contribution in [0, 0.1) is 0 Å². The monoisotopic (exact) mass is 494 g/mol. The van der Waals surface area contributed by atoms with E-state index in [4.69, 9.17) is 32.7 Å². The molecule has 168 valence electrons. The minimum absolute atomic E-state index is 0.0246. The number of halogens is 5.